The molecular formula is C25H45NO11S. The van der Waals surface area contributed by atoms with Gasteiger partial charge in [0.25, 0.3) is 10.1 Å². The molecule has 0 radical (unpaired) electrons. The third kappa shape index (κ3) is 20.7. The van der Waals surface area contributed by atoms with Crippen LogP contribution in [0.5, 0.6) is 0 Å². The summed E-state index contributed by atoms with van der Waals surface area (Å²) in [5.74, 6) is 0. The van der Waals surface area contributed by atoms with Gasteiger partial charge in [0.15, 0.2) is 0 Å². The highest BCUT2D eigenvalue weighted by Crippen LogP contribution is 2.12. The van der Waals surface area contributed by atoms with Crippen LogP contribution in [-0.4, -0.2) is 127 Å². The largest absolute Gasteiger partial charge is 0.378 e. The molecule has 0 spiro atoms. The Bertz CT molecular complexity index is 750. The van der Waals surface area contributed by atoms with Gasteiger partial charge in [-0.25, -0.2) is 0 Å². The van der Waals surface area contributed by atoms with Crippen LogP contribution in [0.4, 0.5) is 0 Å². The molecule has 0 amide bonds. The Kier molecular flexibility index (Phi) is 22.7. The van der Waals surface area contributed by atoms with E-state index in [2.05, 4.69) is 0 Å². The summed E-state index contributed by atoms with van der Waals surface area (Å²) in [6, 6.07) is 6.48. The zero-order chi connectivity index (χ0) is 27.6. The minimum Gasteiger partial charge on any atom is -0.378 e. The molecule has 0 bridgehead atoms. The Balaban J connectivity index is 1.73. The highest BCUT2D eigenvalue weighted by atomic mass is 32.2. The van der Waals surface area contributed by atoms with Crippen LogP contribution in [0.3, 0.4) is 0 Å². The first kappa shape index (κ1) is 34.8. The first-order valence-corrected chi connectivity index (χ1v) is 14.2. The predicted octanol–water partition coefficient (Wildman–Crippen LogP) is 0.792. The maximum Gasteiger partial charge on any atom is 0.297 e. The van der Waals surface area contributed by atoms with Crippen molar-refractivity contribution < 1.29 is 50.5 Å². The maximum absolute atomic E-state index is 12.0. The van der Waals surface area contributed by atoms with Gasteiger partial charge < -0.3 is 43.6 Å². The summed E-state index contributed by atoms with van der Waals surface area (Å²) in [6.07, 6.45) is 0. The molecule has 0 aromatic heterocycles. The highest BCUT2D eigenvalue weighted by molar-refractivity contribution is 7.86. The minimum atomic E-state index is -3.76. The van der Waals surface area contributed by atoms with E-state index in [4.69, 9.17) is 47.8 Å². The van der Waals surface area contributed by atoms with Crippen LogP contribution in [0.25, 0.3) is 0 Å². The fourth-order valence-corrected chi connectivity index (χ4v) is 3.59. The number of rotatable bonds is 28. The van der Waals surface area contributed by atoms with Gasteiger partial charge in [0.05, 0.1) is 117 Å². The summed E-state index contributed by atoms with van der Waals surface area (Å²) in [5, 5.41) is 0. The van der Waals surface area contributed by atoms with Gasteiger partial charge in [-0.2, -0.15) is 8.42 Å². The van der Waals surface area contributed by atoms with Crippen molar-refractivity contribution in [2.24, 2.45) is 5.73 Å². The lowest BCUT2D eigenvalue weighted by molar-refractivity contribution is -0.0234. The van der Waals surface area contributed by atoms with E-state index in [9.17, 15) is 8.42 Å². The van der Waals surface area contributed by atoms with Gasteiger partial charge in [-0.3, -0.25) is 4.18 Å². The first-order valence-electron chi connectivity index (χ1n) is 12.8. The van der Waals surface area contributed by atoms with E-state index in [0.29, 0.717) is 106 Å². The van der Waals surface area contributed by atoms with Gasteiger partial charge in [0.1, 0.15) is 0 Å². The second-order valence-corrected chi connectivity index (χ2v) is 9.39. The third-order valence-corrected chi connectivity index (χ3v) is 5.97. The molecule has 0 saturated heterocycles. The second-order valence-electron chi connectivity index (χ2n) is 7.78. The fraction of sp³-hybridized carbons (Fsp3) is 0.760. The van der Waals surface area contributed by atoms with Gasteiger partial charge in [-0.05, 0) is 19.1 Å². The van der Waals surface area contributed by atoms with Crippen LogP contribution in [0.1, 0.15) is 5.56 Å². The molecule has 38 heavy (non-hydrogen) atoms. The second kappa shape index (κ2) is 24.8. The lowest BCUT2D eigenvalue weighted by Gasteiger charge is -2.09. The molecule has 13 heteroatoms. The van der Waals surface area contributed by atoms with Crippen molar-refractivity contribution in [1.82, 2.24) is 0 Å². The Morgan fingerprint density at radius 3 is 1.11 bits per heavy atom. The summed E-state index contributed by atoms with van der Waals surface area (Å²) in [6.45, 7) is 9.66. The first-order chi connectivity index (χ1) is 18.6. The number of hydrogen-bond acceptors (Lipinski definition) is 12. The molecular weight excluding hydrogens is 522 g/mol. The van der Waals surface area contributed by atoms with Crippen LogP contribution in [-0.2, 0) is 52.2 Å². The summed E-state index contributed by atoms with van der Waals surface area (Å²) >= 11 is 0. The SMILES string of the molecule is Cc1ccc(S(=O)(=O)OCCOCCOCCOCCOCCOCCOCCOCCOCCN)cc1. The van der Waals surface area contributed by atoms with Crippen molar-refractivity contribution in [3.8, 4) is 0 Å². The van der Waals surface area contributed by atoms with E-state index in [1.165, 1.54) is 12.1 Å². The molecule has 0 saturated carbocycles. The molecule has 1 aromatic carbocycles. The Hall–Kier alpha value is -1.23. The van der Waals surface area contributed by atoms with Gasteiger partial charge in [-0.1, -0.05) is 17.7 Å². The summed E-state index contributed by atoms with van der Waals surface area (Å²) < 4.78 is 71.9. The highest BCUT2D eigenvalue weighted by Gasteiger charge is 2.14. The van der Waals surface area contributed by atoms with Crippen LogP contribution >= 0.6 is 0 Å². The van der Waals surface area contributed by atoms with Gasteiger partial charge in [0.2, 0.25) is 0 Å². The van der Waals surface area contributed by atoms with Crippen molar-refractivity contribution in [2.75, 3.05) is 119 Å². The monoisotopic (exact) mass is 567 g/mol. The fourth-order valence-electron chi connectivity index (χ4n) is 2.70. The van der Waals surface area contributed by atoms with E-state index in [-0.39, 0.29) is 18.1 Å². The molecule has 0 atom stereocenters. The van der Waals surface area contributed by atoms with Crippen LogP contribution in [0.15, 0.2) is 29.2 Å². The van der Waals surface area contributed by atoms with Crippen molar-refractivity contribution in [3.05, 3.63) is 29.8 Å². The average molecular weight is 568 g/mol. The molecule has 222 valence electrons. The Morgan fingerprint density at radius 2 is 0.789 bits per heavy atom. The zero-order valence-electron chi connectivity index (χ0n) is 22.5. The minimum absolute atomic E-state index is 0.0549. The van der Waals surface area contributed by atoms with Gasteiger partial charge in [-0.15, -0.1) is 0 Å². The zero-order valence-corrected chi connectivity index (χ0v) is 23.3. The molecule has 0 aliphatic carbocycles. The molecule has 0 unspecified atom stereocenters. The molecule has 1 rings (SSSR count). The van der Waals surface area contributed by atoms with E-state index in [0.717, 1.165) is 5.56 Å². The maximum atomic E-state index is 12.0. The number of ether oxygens (including phenoxy) is 8. The molecule has 1 aromatic rings. The van der Waals surface area contributed by atoms with E-state index < -0.39 is 10.1 Å². The quantitative estimate of drug-likeness (QED) is 0.113. The number of hydrogen-bond donors (Lipinski definition) is 1. The smallest absolute Gasteiger partial charge is 0.297 e. The standard InChI is InChI=1S/C25H45NO11S/c1-24-2-4-25(5-3-24)38(27,28)37-23-22-36-21-20-35-19-18-34-17-16-33-15-14-32-13-12-31-11-10-30-9-8-29-7-6-26/h2-5H,6-23,26H2,1H3. The molecule has 0 aliphatic rings. The Labute approximate surface area is 227 Å². The topological polar surface area (TPSA) is 143 Å². The number of nitrogens with two attached hydrogens (primary N) is 1. The number of aryl methyl sites for hydroxylation is 1. The van der Waals surface area contributed by atoms with E-state index in [1.807, 2.05) is 6.92 Å². The van der Waals surface area contributed by atoms with Crippen molar-refractivity contribution in [3.63, 3.8) is 0 Å². The van der Waals surface area contributed by atoms with E-state index in [1.54, 1.807) is 12.1 Å². The van der Waals surface area contributed by atoms with Crippen molar-refractivity contribution >= 4 is 10.1 Å². The molecule has 0 aliphatic heterocycles. The van der Waals surface area contributed by atoms with Crippen LogP contribution in [0.2, 0.25) is 0 Å². The molecule has 12 nitrogen and oxygen atoms in total. The van der Waals surface area contributed by atoms with Gasteiger partial charge in [0, 0.05) is 6.54 Å². The lowest BCUT2D eigenvalue weighted by atomic mass is 10.2. The van der Waals surface area contributed by atoms with Crippen LogP contribution in [0, 0.1) is 6.92 Å². The van der Waals surface area contributed by atoms with Gasteiger partial charge >= 0.3 is 0 Å². The summed E-state index contributed by atoms with van der Waals surface area (Å²) in [4.78, 5) is 0.130. The molecule has 0 fully saturated rings. The predicted molar refractivity (Wildman–Crippen MR) is 140 cm³/mol. The Morgan fingerprint density at radius 1 is 0.500 bits per heavy atom. The van der Waals surface area contributed by atoms with Crippen molar-refractivity contribution in [1.29, 1.82) is 0 Å². The van der Waals surface area contributed by atoms with E-state index >= 15 is 0 Å². The summed E-state index contributed by atoms with van der Waals surface area (Å²) in [7, 11) is -3.76. The lowest BCUT2D eigenvalue weighted by Crippen LogP contribution is -2.16. The normalized spacial score (nSPS) is 11.8. The molecule has 2 N–H and O–H groups in total. The van der Waals surface area contributed by atoms with Crippen molar-refractivity contribution in [2.45, 2.75) is 11.8 Å². The molecule has 0 heterocycles. The average Bonchev–Trinajstić information content (AvgIpc) is 2.91. The summed E-state index contributed by atoms with van der Waals surface area (Å²) in [5.41, 5.74) is 6.29. The number of benzene rings is 1. The van der Waals surface area contributed by atoms with Crippen LogP contribution < -0.4 is 5.73 Å². The third-order valence-electron chi connectivity index (χ3n) is 4.64.